The van der Waals surface area contributed by atoms with Crippen LogP contribution in [-0.2, 0) is 17.1 Å². The van der Waals surface area contributed by atoms with E-state index in [-0.39, 0.29) is 16.5 Å². The molecule has 4 rings (SSSR count). The number of nitrogens with zero attached hydrogens (tertiary/aromatic N) is 2. The molecule has 0 radical (unpaired) electrons. The Morgan fingerprint density at radius 1 is 1.27 bits per heavy atom. The van der Waals surface area contributed by atoms with Gasteiger partial charge in [-0.3, -0.25) is 0 Å². The number of hydrogen-bond acceptors (Lipinski definition) is 5. The molecule has 3 aromatic rings. The molecule has 138 valence electrons. The van der Waals surface area contributed by atoms with Crippen LogP contribution in [0.5, 0.6) is 0 Å². The van der Waals surface area contributed by atoms with Gasteiger partial charge >= 0.3 is 5.63 Å². The third-order valence-electron chi connectivity index (χ3n) is 5.27. The van der Waals surface area contributed by atoms with E-state index < -0.39 is 15.6 Å². The summed E-state index contributed by atoms with van der Waals surface area (Å²) in [5.41, 5.74) is 0.580. The Labute approximate surface area is 151 Å². The maximum absolute atomic E-state index is 12.9. The van der Waals surface area contributed by atoms with E-state index in [1.165, 1.54) is 18.5 Å². The molecule has 1 fully saturated rings. The van der Waals surface area contributed by atoms with E-state index >= 15 is 0 Å². The summed E-state index contributed by atoms with van der Waals surface area (Å²) in [6, 6.07) is 4.51. The van der Waals surface area contributed by atoms with E-state index in [4.69, 9.17) is 4.42 Å². The van der Waals surface area contributed by atoms with Crippen LogP contribution < -0.4 is 10.3 Å². The summed E-state index contributed by atoms with van der Waals surface area (Å²) in [7, 11) is -1.90. The van der Waals surface area contributed by atoms with Gasteiger partial charge in [-0.2, -0.15) is 0 Å². The summed E-state index contributed by atoms with van der Waals surface area (Å²) >= 11 is 0. The Kier molecular flexibility index (Phi) is 4.11. The Morgan fingerprint density at radius 2 is 2.04 bits per heavy atom. The number of aromatic nitrogens is 2. The smallest absolute Gasteiger partial charge is 0.364 e. The predicted molar refractivity (Wildman–Crippen MR) is 98.5 cm³/mol. The fourth-order valence-electron chi connectivity index (χ4n) is 3.75. The zero-order chi connectivity index (χ0) is 18.5. The zero-order valence-corrected chi connectivity index (χ0v) is 15.5. The number of rotatable bonds is 3. The molecule has 0 spiro atoms. The lowest BCUT2D eigenvalue weighted by atomic mass is 9.87. The number of benzene rings is 1. The Bertz CT molecular complexity index is 1150. The second-order valence-electron chi connectivity index (χ2n) is 7.09. The molecule has 26 heavy (non-hydrogen) atoms. The van der Waals surface area contributed by atoms with Gasteiger partial charge in [0.25, 0.3) is 0 Å². The van der Waals surface area contributed by atoms with Gasteiger partial charge < -0.3 is 8.98 Å². The second kappa shape index (κ2) is 6.21. The molecule has 1 aliphatic rings. The Hall–Kier alpha value is -2.19. The fraction of sp³-hybridized carbons (Fsp3) is 0.444. The van der Waals surface area contributed by atoms with Crippen LogP contribution in [0.4, 0.5) is 0 Å². The fourth-order valence-corrected chi connectivity index (χ4v) is 5.16. The molecule has 8 heteroatoms. The molecular weight excluding hydrogens is 354 g/mol. The van der Waals surface area contributed by atoms with Crippen LogP contribution in [0, 0.1) is 5.92 Å². The highest BCUT2D eigenvalue weighted by molar-refractivity contribution is 7.89. The molecule has 1 aliphatic carbocycles. The lowest BCUT2D eigenvalue weighted by Gasteiger charge is -2.29. The average molecular weight is 375 g/mol. The maximum Gasteiger partial charge on any atom is 0.364 e. The minimum atomic E-state index is -3.66. The average Bonchev–Trinajstić information content (AvgIpc) is 2.99. The van der Waals surface area contributed by atoms with E-state index in [1.54, 1.807) is 17.7 Å². The summed E-state index contributed by atoms with van der Waals surface area (Å²) in [5, 5.41) is 0.555. The summed E-state index contributed by atoms with van der Waals surface area (Å²) in [5.74, 6) is 0.320. The van der Waals surface area contributed by atoms with Crippen molar-refractivity contribution in [1.82, 2.24) is 14.3 Å². The molecule has 1 saturated carbocycles. The van der Waals surface area contributed by atoms with E-state index in [9.17, 15) is 13.2 Å². The normalized spacial score (nSPS) is 21.5. The van der Waals surface area contributed by atoms with E-state index in [2.05, 4.69) is 16.6 Å². The zero-order valence-electron chi connectivity index (χ0n) is 14.7. The van der Waals surface area contributed by atoms with Crippen molar-refractivity contribution >= 4 is 32.0 Å². The number of nitrogens with one attached hydrogen (secondary N) is 1. The molecule has 7 nitrogen and oxygen atoms in total. The highest BCUT2D eigenvalue weighted by Gasteiger charge is 2.27. The number of imidazole rings is 1. The molecule has 2 atom stereocenters. The van der Waals surface area contributed by atoms with Crippen LogP contribution in [0.25, 0.3) is 22.0 Å². The van der Waals surface area contributed by atoms with Crippen LogP contribution in [0.3, 0.4) is 0 Å². The molecule has 0 aliphatic heterocycles. The van der Waals surface area contributed by atoms with Crippen LogP contribution in [-0.4, -0.2) is 24.0 Å². The van der Waals surface area contributed by atoms with Gasteiger partial charge in [0.05, 0.1) is 16.7 Å². The third-order valence-corrected chi connectivity index (χ3v) is 6.76. The van der Waals surface area contributed by atoms with Crippen molar-refractivity contribution in [2.75, 3.05) is 0 Å². The first kappa shape index (κ1) is 17.2. The van der Waals surface area contributed by atoms with Crippen molar-refractivity contribution in [1.29, 1.82) is 0 Å². The van der Waals surface area contributed by atoms with Gasteiger partial charge in [0, 0.05) is 18.5 Å². The predicted octanol–water partition coefficient (Wildman–Crippen LogP) is 2.54. The van der Waals surface area contributed by atoms with Gasteiger partial charge in [0.15, 0.2) is 5.52 Å². The first-order valence-electron chi connectivity index (χ1n) is 8.77. The molecule has 2 aromatic heterocycles. The molecule has 0 unspecified atom stereocenters. The highest BCUT2D eigenvalue weighted by Crippen LogP contribution is 2.27. The maximum atomic E-state index is 12.9. The molecule has 2 heterocycles. The quantitative estimate of drug-likeness (QED) is 0.710. The summed E-state index contributed by atoms with van der Waals surface area (Å²) in [4.78, 5) is 16.2. The summed E-state index contributed by atoms with van der Waals surface area (Å²) in [6.07, 6.45) is 5.59. The lowest BCUT2D eigenvalue weighted by Crippen LogP contribution is -2.40. The van der Waals surface area contributed by atoms with Gasteiger partial charge in [-0.05, 0) is 37.0 Å². The van der Waals surface area contributed by atoms with Gasteiger partial charge in [-0.1, -0.05) is 19.8 Å². The third kappa shape index (κ3) is 2.83. The van der Waals surface area contributed by atoms with Crippen LogP contribution in [0.2, 0.25) is 0 Å². The SMILES string of the molecule is C[C@@H]1CCCC[C@@H]1NS(=O)(=O)c1ccc2oc(=O)c3ncn(C)c3c2c1. The number of aryl methyl sites for hydroxylation is 1. The van der Waals surface area contributed by atoms with E-state index in [0.717, 1.165) is 25.7 Å². The minimum absolute atomic E-state index is 0.0464. The van der Waals surface area contributed by atoms with Gasteiger partial charge in [0.2, 0.25) is 10.0 Å². The topological polar surface area (TPSA) is 94.2 Å². The lowest BCUT2D eigenvalue weighted by molar-refractivity contribution is 0.310. The van der Waals surface area contributed by atoms with Crippen molar-refractivity contribution < 1.29 is 12.8 Å². The molecular formula is C18H21N3O4S. The number of fused-ring (bicyclic) bond motifs is 3. The summed E-state index contributed by atoms with van der Waals surface area (Å²) < 4.78 is 35.6. The standard InChI is InChI=1S/C18H21N3O4S/c1-11-5-3-4-6-14(11)20-26(23,24)12-7-8-15-13(9-12)17-16(18(22)25-15)19-10-21(17)2/h7-11,14,20H,3-6H2,1-2H3/t11-,14+/m1/s1. The number of hydrogen-bond donors (Lipinski definition) is 1. The number of sulfonamides is 1. The molecule has 0 saturated heterocycles. The van der Waals surface area contributed by atoms with E-state index in [0.29, 0.717) is 22.4 Å². The van der Waals surface area contributed by atoms with Crippen molar-refractivity contribution in [3.63, 3.8) is 0 Å². The van der Waals surface area contributed by atoms with Crippen molar-refractivity contribution in [3.05, 3.63) is 34.9 Å². The van der Waals surface area contributed by atoms with Crippen molar-refractivity contribution in [3.8, 4) is 0 Å². The Morgan fingerprint density at radius 3 is 2.81 bits per heavy atom. The monoisotopic (exact) mass is 375 g/mol. The van der Waals surface area contributed by atoms with E-state index in [1.807, 2.05) is 0 Å². The minimum Gasteiger partial charge on any atom is -0.421 e. The highest BCUT2D eigenvalue weighted by atomic mass is 32.2. The van der Waals surface area contributed by atoms with Crippen LogP contribution in [0.15, 0.2) is 38.6 Å². The molecule has 1 aromatic carbocycles. The van der Waals surface area contributed by atoms with Crippen LogP contribution in [0.1, 0.15) is 32.6 Å². The van der Waals surface area contributed by atoms with Gasteiger partial charge in [-0.25, -0.2) is 22.9 Å². The molecule has 0 bridgehead atoms. The summed E-state index contributed by atoms with van der Waals surface area (Å²) in [6.45, 7) is 2.08. The van der Waals surface area contributed by atoms with Gasteiger partial charge in [0.1, 0.15) is 5.58 Å². The van der Waals surface area contributed by atoms with Crippen LogP contribution >= 0.6 is 0 Å². The largest absolute Gasteiger partial charge is 0.421 e. The van der Waals surface area contributed by atoms with Gasteiger partial charge in [-0.15, -0.1) is 0 Å². The second-order valence-corrected chi connectivity index (χ2v) is 8.80. The Balaban J connectivity index is 1.81. The molecule has 1 N–H and O–H groups in total. The van der Waals surface area contributed by atoms with Crippen molar-refractivity contribution in [2.45, 2.75) is 43.5 Å². The van der Waals surface area contributed by atoms with Crippen molar-refractivity contribution in [2.24, 2.45) is 13.0 Å². The first-order chi connectivity index (χ1) is 12.4. The molecule has 0 amide bonds. The first-order valence-corrected chi connectivity index (χ1v) is 10.3.